The van der Waals surface area contributed by atoms with Crippen molar-refractivity contribution in [1.82, 2.24) is 0 Å². The predicted octanol–water partition coefficient (Wildman–Crippen LogP) is 13.6. The molecular weight excluding hydrogens is 667 g/mol. The van der Waals surface area contributed by atoms with Crippen molar-refractivity contribution in [2.75, 3.05) is 14.7 Å². The van der Waals surface area contributed by atoms with Gasteiger partial charge in [0.25, 0.3) is 0 Å². The molecule has 3 aliphatic carbocycles. The molecule has 9 rings (SSSR count). The highest BCUT2D eigenvalue weighted by molar-refractivity contribution is 5.89. The first-order valence-corrected chi connectivity index (χ1v) is 19.0. The van der Waals surface area contributed by atoms with E-state index in [1.165, 1.54) is 16.5 Å². The molecule has 0 radical (unpaired) electrons. The maximum atomic E-state index is 3.59. The smallest absolute Gasteiger partial charge is 0.0975 e. The number of nitrogens with zero attached hydrogens (tertiary/aromatic N) is 3. The van der Waals surface area contributed by atoms with Gasteiger partial charge in [0.05, 0.1) is 11.4 Å². The molecule has 6 aromatic rings. The van der Waals surface area contributed by atoms with E-state index in [9.17, 15) is 0 Å². The number of fused-ring (bicyclic) bond motifs is 2. The van der Waals surface area contributed by atoms with Crippen LogP contribution >= 0.6 is 0 Å². The third-order valence-electron chi connectivity index (χ3n) is 10.4. The third-order valence-corrected chi connectivity index (χ3v) is 10.4. The standard InChI is InChI=1S/C52H41N3/c1-39-14-8-13-23-50(36-39)55(48-32-28-46(29-33-48)53(44-19-4-2-5-20-44)51-26-24-40-15-9-11-17-42(40)37-51)49-34-30-47(31-35-49)54(45-21-6-3-7-22-45)52-27-25-41-16-10-12-18-43(41)38-52/h2-30,32-34,36-40,42H,1H3. The van der Waals surface area contributed by atoms with Crippen LogP contribution < -0.4 is 14.7 Å². The molecule has 0 aromatic heterocycles. The van der Waals surface area contributed by atoms with Crippen molar-refractivity contribution >= 4 is 50.6 Å². The van der Waals surface area contributed by atoms with Gasteiger partial charge >= 0.3 is 0 Å². The van der Waals surface area contributed by atoms with E-state index in [1.54, 1.807) is 0 Å². The number of anilines is 7. The van der Waals surface area contributed by atoms with Crippen LogP contribution in [0.4, 0.5) is 39.8 Å². The maximum absolute atomic E-state index is 3.59. The molecule has 3 heteroatoms. The Morgan fingerprint density at radius 1 is 0.400 bits per heavy atom. The second kappa shape index (κ2) is 15.1. The van der Waals surface area contributed by atoms with Crippen LogP contribution in [0.15, 0.2) is 224 Å². The summed E-state index contributed by atoms with van der Waals surface area (Å²) in [6.45, 7) is 2.22. The SMILES string of the molecule is CC1C=CC=CC(N(c2c#cc(N(c3ccccc3)c3ccc4ccccc4c3)cc2)c2ccc(N(C3=CC4C=CC=CC4C=C3)c3ccccc3)cc2)=C1. The molecule has 55 heavy (non-hydrogen) atoms. The van der Waals surface area contributed by atoms with E-state index in [0.717, 1.165) is 45.5 Å². The number of benzene rings is 5. The zero-order valence-electron chi connectivity index (χ0n) is 30.8. The first-order chi connectivity index (χ1) is 27.2. The summed E-state index contributed by atoms with van der Waals surface area (Å²) in [6.07, 6.45) is 26.8. The summed E-state index contributed by atoms with van der Waals surface area (Å²) in [7, 11) is 0. The molecule has 0 N–H and O–H groups in total. The lowest BCUT2D eigenvalue weighted by Crippen LogP contribution is -2.21. The highest BCUT2D eigenvalue weighted by atomic mass is 15.2. The second-order valence-electron chi connectivity index (χ2n) is 14.1. The summed E-state index contributed by atoms with van der Waals surface area (Å²) in [5.74, 6) is 0.999. The minimum absolute atomic E-state index is 0.266. The zero-order chi connectivity index (χ0) is 37.0. The van der Waals surface area contributed by atoms with Crippen molar-refractivity contribution in [3.63, 3.8) is 0 Å². The Balaban J connectivity index is 1.10. The van der Waals surface area contributed by atoms with E-state index in [0.29, 0.717) is 11.8 Å². The van der Waals surface area contributed by atoms with Gasteiger partial charge in [0.1, 0.15) is 0 Å². The molecule has 0 aliphatic heterocycles. The molecule has 0 fully saturated rings. The normalized spacial score (nSPS) is 18.2. The monoisotopic (exact) mass is 707 g/mol. The fraction of sp³-hybridized carbons (Fsp3) is 0.0769. The summed E-state index contributed by atoms with van der Waals surface area (Å²) >= 11 is 0. The Morgan fingerprint density at radius 3 is 1.65 bits per heavy atom. The van der Waals surface area contributed by atoms with E-state index in [1.807, 2.05) is 0 Å². The highest BCUT2D eigenvalue weighted by Crippen LogP contribution is 2.40. The molecule has 3 aliphatic rings. The largest absolute Gasteiger partial charge is 0.311 e. The molecular formula is C52H41N3. The summed E-state index contributed by atoms with van der Waals surface area (Å²) in [6, 6.07) is 56.6. The number of allylic oxidation sites excluding steroid dienone is 12. The Bertz CT molecular complexity index is 2500. The third kappa shape index (κ3) is 7.07. The first-order valence-electron chi connectivity index (χ1n) is 19.0. The highest BCUT2D eigenvalue weighted by Gasteiger charge is 2.23. The minimum Gasteiger partial charge on any atom is -0.311 e. The maximum Gasteiger partial charge on any atom is 0.0975 e. The molecule has 0 saturated heterocycles. The first kappa shape index (κ1) is 33.8. The van der Waals surface area contributed by atoms with Crippen LogP contribution in [0.1, 0.15) is 6.92 Å². The molecule has 6 aromatic carbocycles. The van der Waals surface area contributed by atoms with Crippen molar-refractivity contribution < 1.29 is 0 Å². The molecule has 3 atom stereocenters. The second-order valence-corrected chi connectivity index (χ2v) is 14.1. The van der Waals surface area contributed by atoms with Gasteiger partial charge in [-0.25, -0.2) is 0 Å². The van der Waals surface area contributed by atoms with Crippen LogP contribution in [0.5, 0.6) is 0 Å². The Kier molecular flexibility index (Phi) is 9.31. The minimum atomic E-state index is 0.266. The number of hydrogen-bond donors (Lipinski definition) is 0. The molecule has 0 amide bonds. The van der Waals surface area contributed by atoms with Gasteiger partial charge < -0.3 is 14.7 Å². The van der Waals surface area contributed by atoms with Crippen LogP contribution in [0, 0.1) is 29.9 Å². The number of rotatable bonds is 9. The molecule has 0 spiro atoms. The van der Waals surface area contributed by atoms with Gasteiger partial charge in [0.2, 0.25) is 0 Å². The summed E-state index contributed by atoms with van der Waals surface area (Å²) in [5, 5.41) is 2.41. The fourth-order valence-electron chi connectivity index (χ4n) is 7.69. The molecule has 264 valence electrons. The van der Waals surface area contributed by atoms with Crippen molar-refractivity contribution in [2.24, 2.45) is 17.8 Å². The quantitative estimate of drug-likeness (QED) is 0.148. The van der Waals surface area contributed by atoms with Gasteiger partial charge in [-0.15, -0.1) is 0 Å². The van der Waals surface area contributed by atoms with Gasteiger partial charge in [-0.2, -0.15) is 0 Å². The van der Waals surface area contributed by atoms with E-state index in [4.69, 9.17) is 0 Å². The molecule has 0 saturated carbocycles. The van der Waals surface area contributed by atoms with Crippen molar-refractivity contribution in [2.45, 2.75) is 6.92 Å². The van der Waals surface area contributed by atoms with Gasteiger partial charge in [-0.05, 0) is 114 Å². The van der Waals surface area contributed by atoms with Crippen LogP contribution in [0.25, 0.3) is 10.8 Å². The van der Waals surface area contributed by atoms with E-state index >= 15 is 0 Å². The Labute approximate surface area is 324 Å². The average Bonchev–Trinajstić information content (AvgIpc) is 3.46. The van der Waals surface area contributed by atoms with Crippen LogP contribution in [-0.2, 0) is 0 Å². The van der Waals surface area contributed by atoms with Crippen molar-refractivity contribution in [3.05, 3.63) is 236 Å². The Hall–Kier alpha value is -7.02. The Morgan fingerprint density at radius 2 is 0.945 bits per heavy atom. The summed E-state index contributed by atoms with van der Waals surface area (Å²) in [4.78, 5) is 6.88. The van der Waals surface area contributed by atoms with Gasteiger partial charge in [-0.3, -0.25) is 0 Å². The van der Waals surface area contributed by atoms with Gasteiger partial charge in [0.15, 0.2) is 0 Å². The predicted molar refractivity (Wildman–Crippen MR) is 231 cm³/mol. The summed E-state index contributed by atoms with van der Waals surface area (Å²) < 4.78 is 0. The molecule has 0 heterocycles. The van der Waals surface area contributed by atoms with Crippen LogP contribution in [-0.4, -0.2) is 0 Å². The van der Waals surface area contributed by atoms with Gasteiger partial charge in [0, 0.05) is 51.7 Å². The molecule has 0 bridgehead atoms. The fourth-order valence-corrected chi connectivity index (χ4v) is 7.69. The van der Waals surface area contributed by atoms with E-state index in [2.05, 4.69) is 246 Å². The van der Waals surface area contributed by atoms with Crippen molar-refractivity contribution in [1.29, 1.82) is 0 Å². The van der Waals surface area contributed by atoms with E-state index in [-0.39, 0.29) is 5.92 Å². The lowest BCUT2D eigenvalue weighted by atomic mass is 9.84. The van der Waals surface area contributed by atoms with Crippen LogP contribution in [0.3, 0.4) is 0 Å². The average molecular weight is 708 g/mol. The van der Waals surface area contributed by atoms with Gasteiger partial charge in [-0.1, -0.05) is 134 Å². The molecule has 3 nitrogen and oxygen atoms in total. The number of hydrogen-bond acceptors (Lipinski definition) is 3. The summed E-state index contributed by atoms with van der Waals surface area (Å²) in [5.41, 5.74) is 9.47. The number of para-hydroxylation sites is 2. The van der Waals surface area contributed by atoms with Crippen LogP contribution in [0.2, 0.25) is 0 Å². The van der Waals surface area contributed by atoms with E-state index < -0.39 is 0 Å². The topological polar surface area (TPSA) is 9.72 Å². The zero-order valence-corrected chi connectivity index (χ0v) is 30.8. The van der Waals surface area contributed by atoms with Crippen molar-refractivity contribution in [3.8, 4) is 0 Å². The molecule has 3 unspecified atom stereocenters. The lowest BCUT2D eigenvalue weighted by Gasteiger charge is -2.32. The lowest BCUT2D eigenvalue weighted by molar-refractivity contribution is 0.652.